The third-order valence-corrected chi connectivity index (χ3v) is 4.61. The first-order valence-electron chi connectivity index (χ1n) is 8.41. The molecule has 1 heterocycles. The van der Waals surface area contributed by atoms with Crippen LogP contribution in [0.4, 0.5) is 15.8 Å². The Hall–Kier alpha value is -2.82. The van der Waals surface area contributed by atoms with Crippen molar-refractivity contribution in [3.63, 3.8) is 0 Å². The van der Waals surface area contributed by atoms with Gasteiger partial charge in [-0.25, -0.2) is 9.40 Å². The van der Waals surface area contributed by atoms with Crippen molar-refractivity contribution < 1.29 is 18.8 Å². The van der Waals surface area contributed by atoms with E-state index in [9.17, 15) is 18.8 Å². The van der Waals surface area contributed by atoms with E-state index >= 15 is 0 Å². The van der Waals surface area contributed by atoms with E-state index in [1.165, 1.54) is 24.3 Å². The summed E-state index contributed by atoms with van der Waals surface area (Å²) in [5.74, 6) is -1.67. The van der Waals surface area contributed by atoms with Gasteiger partial charge in [0, 0.05) is 27.8 Å². The highest BCUT2D eigenvalue weighted by Crippen LogP contribution is 2.14. The fourth-order valence-electron chi connectivity index (χ4n) is 2.49. The molecule has 3 amide bonds. The molecule has 144 valence electrons. The Bertz CT molecular complexity index is 929. The molecule has 1 aliphatic rings. The second kappa shape index (κ2) is 8.91. The molecule has 0 atom stereocenters. The summed E-state index contributed by atoms with van der Waals surface area (Å²) in [6, 6.07) is 12.5. The normalized spacial score (nSPS) is 13.7. The number of benzene rings is 2. The Morgan fingerprint density at radius 2 is 1.61 bits per heavy atom. The summed E-state index contributed by atoms with van der Waals surface area (Å²) in [7, 11) is 0. The van der Waals surface area contributed by atoms with Crippen LogP contribution >= 0.6 is 22.6 Å². The van der Waals surface area contributed by atoms with Gasteiger partial charge >= 0.3 is 0 Å². The summed E-state index contributed by atoms with van der Waals surface area (Å²) in [6.07, 6.45) is 0.244. The number of amides is 3. The van der Waals surface area contributed by atoms with Gasteiger partial charge in [0.1, 0.15) is 18.1 Å². The zero-order valence-corrected chi connectivity index (χ0v) is 16.8. The highest BCUT2D eigenvalue weighted by atomic mass is 127. The standard InChI is InChI=1S/C19H16FIN4O3/c20-12-1-5-15(6-2-12)23-19(28)16-9-10-18(27)25(24-16)11-17(26)22-14-7-3-13(21)4-8-14/h1-8H,9-11H2,(H,22,26)(H,23,28). The quantitative estimate of drug-likeness (QED) is 0.627. The molecule has 2 N–H and O–H groups in total. The highest BCUT2D eigenvalue weighted by molar-refractivity contribution is 14.1. The SMILES string of the molecule is O=C(CN1N=C(C(=O)Nc2ccc(F)cc2)CCC1=O)Nc1ccc(I)cc1. The van der Waals surface area contributed by atoms with Crippen LogP contribution < -0.4 is 10.6 Å². The lowest BCUT2D eigenvalue weighted by Crippen LogP contribution is -2.40. The lowest BCUT2D eigenvalue weighted by atomic mass is 10.1. The summed E-state index contributed by atoms with van der Waals surface area (Å²) in [4.78, 5) is 36.6. The molecule has 2 aromatic rings. The van der Waals surface area contributed by atoms with Gasteiger partial charge in [0.2, 0.25) is 11.8 Å². The second-order valence-electron chi connectivity index (χ2n) is 6.01. The van der Waals surface area contributed by atoms with Crippen molar-refractivity contribution in [2.45, 2.75) is 12.8 Å². The molecule has 2 aromatic carbocycles. The van der Waals surface area contributed by atoms with Crippen molar-refractivity contribution in [1.29, 1.82) is 0 Å². The number of nitrogens with one attached hydrogen (secondary N) is 2. The van der Waals surface area contributed by atoms with E-state index in [-0.39, 0.29) is 31.0 Å². The molecule has 0 saturated heterocycles. The van der Waals surface area contributed by atoms with Crippen LogP contribution in [0.15, 0.2) is 53.6 Å². The van der Waals surface area contributed by atoms with E-state index in [4.69, 9.17) is 0 Å². The van der Waals surface area contributed by atoms with Crippen LogP contribution in [0.2, 0.25) is 0 Å². The van der Waals surface area contributed by atoms with E-state index in [0.29, 0.717) is 11.4 Å². The molecule has 0 fully saturated rings. The summed E-state index contributed by atoms with van der Waals surface area (Å²) >= 11 is 2.16. The lowest BCUT2D eigenvalue weighted by molar-refractivity contribution is -0.135. The van der Waals surface area contributed by atoms with Gasteiger partial charge in [0.25, 0.3) is 5.91 Å². The Kier molecular flexibility index (Phi) is 6.34. The topological polar surface area (TPSA) is 90.9 Å². The number of nitrogens with zero attached hydrogens (tertiary/aromatic N) is 2. The fraction of sp³-hybridized carbons (Fsp3) is 0.158. The van der Waals surface area contributed by atoms with Crippen molar-refractivity contribution in [2.24, 2.45) is 5.10 Å². The minimum atomic E-state index is -0.498. The second-order valence-corrected chi connectivity index (χ2v) is 7.26. The number of hydrogen-bond donors (Lipinski definition) is 2. The summed E-state index contributed by atoms with van der Waals surface area (Å²) < 4.78 is 14.0. The van der Waals surface area contributed by atoms with Crippen LogP contribution in [0.3, 0.4) is 0 Å². The van der Waals surface area contributed by atoms with E-state index in [1.807, 2.05) is 12.1 Å². The van der Waals surface area contributed by atoms with Gasteiger partial charge in [-0.2, -0.15) is 5.10 Å². The lowest BCUT2D eigenvalue weighted by Gasteiger charge is -2.22. The number of carbonyl (C=O) groups excluding carboxylic acids is 3. The van der Waals surface area contributed by atoms with Gasteiger partial charge in [-0.3, -0.25) is 14.4 Å². The predicted molar refractivity (Wildman–Crippen MR) is 111 cm³/mol. The molecule has 9 heteroatoms. The smallest absolute Gasteiger partial charge is 0.271 e. The molecule has 3 rings (SSSR count). The summed E-state index contributed by atoms with van der Waals surface area (Å²) in [5, 5.41) is 10.3. The van der Waals surface area contributed by atoms with Gasteiger partial charge in [0.15, 0.2) is 0 Å². The maximum absolute atomic E-state index is 13.0. The van der Waals surface area contributed by atoms with Gasteiger partial charge in [-0.15, -0.1) is 0 Å². The molecule has 0 unspecified atom stereocenters. The molecule has 0 bridgehead atoms. The molecule has 28 heavy (non-hydrogen) atoms. The van der Waals surface area contributed by atoms with Gasteiger partial charge in [0.05, 0.1) is 0 Å². The van der Waals surface area contributed by atoms with Crippen molar-refractivity contribution in [2.75, 3.05) is 17.2 Å². The first-order chi connectivity index (χ1) is 13.4. The monoisotopic (exact) mass is 494 g/mol. The summed E-state index contributed by atoms with van der Waals surface area (Å²) in [6.45, 7) is -0.294. The van der Waals surface area contributed by atoms with E-state index < -0.39 is 17.6 Å². The molecule has 1 aliphatic heterocycles. The van der Waals surface area contributed by atoms with Crippen LogP contribution in [0, 0.1) is 9.39 Å². The van der Waals surface area contributed by atoms with Crippen LogP contribution in [0.25, 0.3) is 0 Å². The Labute approximate surface area is 174 Å². The Morgan fingerprint density at radius 1 is 1.00 bits per heavy atom. The zero-order valence-electron chi connectivity index (χ0n) is 14.6. The number of rotatable bonds is 5. The van der Waals surface area contributed by atoms with Crippen molar-refractivity contribution in [3.8, 4) is 0 Å². The maximum Gasteiger partial charge on any atom is 0.271 e. The van der Waals surface area contributed by atoms with Crippen LogP contribution in [0.5, 0.6) is 0 Å². The highest BCUT2D eigenvalue weighted by Gasteiger charge is 2.26. The van der Waals surface area contributed by atoms with Crippen LogP contribution in [-0.2, 0) is 14.4 Å². The van der Waals surface area contributed by atoms with Crippen LogP contribution in [-0.4, -0.2) is 35.0 Å². The molecule has 7 nitrogen and oxygen atoms in total. The largest absolute Gasteiger partial charge is 0.324 e. The molecular formula is C19H16FIN4O3. The number of carbonyl (C=O) groups is 3. The molecule has 0 radical (unpaired) electrons. The van der Waals surface area contributed by atoms with Crippen molar-refractivity contribution >= 4 is 57.4 Å². The molecule has 0 aliphatic carbocycles. The van der Waals surface area contributed by atoms with E-state index in [2.05, 4.69) is 38.3 Å². The molecule has 0 saturated carbocycles. The third kappa shape index (κ3) is 5.35. The van der Waals surface area contributed by atoms with E-state index in [0.717, 1.165) is 8.58 Å². The Morgan fingerprint density at radius 3 is 2.29 bits per heavy atom. The molecule has 0 spiro atoms. The first-order valence-corrected chi connectivity index (χ1v) is 9.49. The Balaban J connectivity index is 1.64. The van der Waals surface area contributed by atoms with Crippen molar-refractivity contribution in [1.82, 2.24) is 5.01 Å². The maximum atomic E-state index is 13.0. The molecule has 0 aromatic heterocycles. The minimum Gasteiger partial charge on any atom is -0.324 e. The van der Waals surface area contributed by atoms with Gasteiger partial charge in [-0.1, -0.05) is 0 Å². The number of hydrazone groups is 1. The van der Waals surface area contributed by atoms with Gasteiger partial charge in [-0.05, 0) is 71.1 Å². The summed E-state index contributed by atoms with van der Waals surface area (Å²) in [5.41, 5.74) is 1.15. The van der Waals surface area contributed by atoms with Gasteiger partial charge < -0.3 is 10.6 Å². The van der Waals surface area contributed by atoms with Crippen molar-refractivity contribution in [3.05, 3.63) is 57.9 Å². The zero-order chi connectivity index (χ0) is 20.1. The molecular weight excluding hydrogens is 478 g/mol. The first kappa shape index (κ1) is 19.9. The third-order valence-electron chi connectivity index (χ3n) is 3.89. The predicted octanol–water partition coefficient (Wildman–Crippen LogP) is 2.99. The number of halogens is 2. The number of anilines is 2. The van der Waals surface area contributed by atoms with Crippen LogP contribution in [0.1, 0.15) is 12.8 Å². The van der Waals surface area contributed by atoms with E-state index in [1.54, 1.807) is 12.1 Å². The number of hydrogen-bond acceptors (Lipinski definition) is 4. The fourth-order valence-corrected chi connectivity index (χ4v) is 2.85. The minimum absolute atomic E-state index is 0.0759. The average Bonchev–Trinajstić information content (AvgIpc) is 2.67. The average molecular weight is 494 g/mol.